The number of benzene rings is 1. The number of hydrogen-bond acceptors (Lipinski definition) is 3. The number of nitrogens with one attached hydrogen (secondary N) is 1. The molecule has 0 saturated carbocycles. The van der Waals surface area contributed by atoms with E-state index >= 15 is 0 Å². The van der Waals surface area contributed by atoms with Gasteiger partial charge in [0.05, 0.1) is 12.2 Å². The molecule has 0 spiro atoms. The zero-order chi connectivity index (χ0) is 13.6. The molecular formula is C15H25NO2. The first-order valence-electron chi connectivity index (χ1n) is 6.47. The Kier molecular flexibility index (Phi) is 5.79. The minimum absolute atomic E-state index is 0.255. The molecule has 0 saturated heterocycles. The Balaban J connectivity index is 2.60. The number of rotatable bonds is 7. The van der Waals surface area contributed by atoms with Crippen LogP contribution in [0.4, 0.5) is 0 Å². The molecule has 0 heterocycles. The van der Waals surface area contributed by atoms with Crippen LogP contribution in [0.3, 0.4) is 0 Å². The molecule has 0 bridgehead atoms. The second-order valence-corrected chi connectivity index (χ2v) is 5.33. The fraction of sp³-hybridized carbons (Fsp3) is 0.600. The Morgan fingerprint density at radius 1 is 1.28 bits per heavy atom. The van der Waals surface area contributed by atoms with Crippen LogP contribution in [0.2, 0.25) is 0 Å². The molecule has 0 aromatic heterocycles. The van der Waals surface area contributed by atoms with E-state index in [0.717, 1.165) is 5.56 Å². The second-order valence-electron chi connectivity index (χ2n) is 5.33. The minimum atomic E-state index is -0.859. The van der Waals surface area contributed by atoms with Crippen molar-refractivity contribution in [2.75, 3.05) is 20.3 Å². The van der Waals surface area contributed by atoms with E-state index in [0.29, 0.717) is 19.1 Å². The molecule has 2 atom stereocenters. The van der Waals surface area contributed by atoms with Crippen LogP contribution in [0.25, 0.3) is 0 Å². The van der Waals surface area contributed by atoms with E-state index in [4.69, 9.17) is 4.74 Å². The molecular weight excluding hydrogens is 226 g/mol. The zero-order valence-electron chi connectivity index (χ0n) is 11.8. The molecule has 18 heavy (non-hydrogen) atoms. The normalized spacial score (nSPS) is 16.6. The monoisotopic (exact) mass is 251 g/mol. The van der Waals surface area contributed by atoms with Crippen molar-refractivity contribution in [3.63, 3.8) is 0 Å². The van der Waals surface area contributed by atoms with Gasteiger partial charge in [-0.3, -0.25) is 0 Å². The highest BCUT2D eigenvalue weighted by molar-refractivity contribution is 5.21. The van der Waals surface area contributed by atoms with Gasteiger partial charge < -0.3 is 15.2 Å². The number of methoxy groups -OCH3 is 1. The quantitative estimate of drug-likeness (QED) is 0.780. The van der Waals surface area contributed by atoms with Crippen molar-refractivity contribution in [3.8, 4) is 0 Å². The lowest BCUT2D eigenvalue weighted by atomic mass is 9.95. The smallest absolute Gasteiger partial charge is 0.0992 e. The summed E-state index contributed by atoms with van der Waals surface area (Å²) in [6, 6.07) is 9.99. The van der Waals surface area contributed by atoms with Gasteiger partial charge in [-0.05, 0) is 18.4 Å². The summed E-state index contributed by atoms with van der Waals surface area (Å²) >= 11 is 0. The summed E-state index contributed by atoms with van der Waals surface area (Å²) < 4.78 is 5.19. The van der Waals surface area contributed by atoms with E-state index in [-0.39, 0.29) is 6.04 Å². The standard InChI is InChI=1S/C15H25NO2/c1-12(2)14(10-18-4)16-11-15(3,17)13-8-6-5-7-9-13/h5-9,12,14,16-17H,10-11H2,1-4H3. The molecule has 0 radical (unpaired) electrons. The first-order chi connectivity index (χ1) is 8.47. The molecule has 1 aromatic rings. The molecule has 0 fully saturated rings. The van der Waals surface area contributed by atoms with Gasteiger partial charge in [-0.1, -0.05) is 44.2 Å². The van der Waals surface area contributed by atoms with Gasteiger partial charge in [0, 0.05) is 19.7 Å². The van der Waals surface area contributed by atoms with Gasteiger partial charge in [0.1, 0.15) is 0 Å². The number of hydrogen-bond donors (Lipinski definition) is 2. The fourth-order valence-electron chi connectivity index (χ4n) is 1.90. The summed E-state index contributed by atoms with van der Waals surface area (Å²) in [6.07, 6.45) is 0. The van der Waals surface area contributed by atoms with E-state index < -0.39 is 5.60 Å². The largest absolute Gasteiger partial charge is 0.384 e. The summed E-state index contributed by atoms with van der Waals surface area (Å²) in [5, 5.41) is 13.9. The van der Waals surface area contributed by atoms with Crippen molar-refractivity contribution in [3.05, 3.63) is 35.9 Å². The van der Waals surface area contributed by atoms with Gasteiger partial charge in [0.2, 0.25) is 0 Å². The molecule has 2 unspecified atom stereocenters. The predicted octanol–water partition coefficient (Wildman–Crippen LogP) is 2.15. The Morgan fingerprint density at radius 3 is 2.39 bits per heavy atom. The van der Waals surface area contributed by atoms with E-state index in [2.05, 4.69) is 19.2 Å². The predicted molar refractivity (Wildman–Crippen MR) is 74.5 cm³/mol. The highest BCUT2D eigenvalue weighted by atomic mass is 16.5. The third-order valence-corrected chi connectivity index (χ3v) is 3.26. The molecule has 3 heteroatoms. The van der Waals surface area contributed by atoms with Crippen LogP contribution >= 0.6 is 0 Å². The highest BCUT2D eigenvalue weighted by Gasteiger charge is 2.24. The molecule has 2 N–H and O–H groups in total. The van der Waals surface area contributed by atoms with Crippen molar-refractivity contribution >= 4 is 0 Å². The highest BCUT2D eigenvalue weighted by Crippen LogP contribution is 2.19. The average molecular weight is 251 g/mol. The number of ether oxygens (including phenoxy) is 1. The van der Waals surface area contributed by atoms with E-state index in [1.807, 2.05) is 37.3 Å². The fourth-order valence-corrected chi connectivity index (χ4v) is 1.90. The summed E-state index contributed by atoms with van der Waals surface area (Å²) in [6.45, 7) is 7.30. The Morgan fingerprint density at radius 2 is 1.89 bits per heavy atom. The average Bonchev–Trinajstić information content (AvgIpc) is 2.35. The SMILES string of the molecule is COCC(NCC(C)(O)c1ccccc1)C(C)C. The first kappa shape index (κ1) is 15.2. The molecule has 3 nitrogen and oxygen atoms in total. The molecule has 1 aromatic carbocycles. The minimum Gasteiger partial charge on any atom is -0.384 e. The van der Waals surface area contributed by atoms with Crippen LogP contribution in [0, 0.1) is 5.92 Å². The maximum Gasteiger partial charge on any atom is 0.0992 e. The maximum absolute atomic E-state index is 10.5. The summed E-state index contributed by atoms with van der Waals surface area (Å²) in [4.78, 5) is 0. The molecule has 1 rings (SSSR count). The molecule has 0 aliphatic carbocycles. The second kappa shape index (κ2) is 6.88. The molecule has 0 aliphatic heterocycles. The van der Waals surface area contributed by atoms with Gasteiger partial charge in [-0.25, -0.2) is 0 Å². The lowest BCUT2D eigenvalue weighted by molar-refractivity contribution is 0.0453. The Hall–Kier alpha value is -0.900. The Labute approximate surface area is 110 Å². The van der Waals surface area contributed by atoms with Crippen LogP contribution in [-0.2, 0) is 10.3 Å². The van der Waals surface area contributed by atoms with E-state index in [9.17, 15) is 5.11 Å². The van der Waals surface area contributed by atoms with Crippen molar-refractivity contribution in [2.24, 2.45) is 5.92 Å². The summed E-state index contributed by atoms with van der Waals surface area (Å²) in [5.41, 5.74) is 0.0692. The van der Waals surface area contributed by atoms with Crippen LogP contribution in [0.5, 0.6) is 0 Å². The van der Waals surface area contributed by atoms with E-state index in [1.54, 1.807) is 7.11 Å². The lowest BCUT2D eigenvalue weighted by Gasteiger charge is -2.29. The molecule has 0 aliphatic rings. The van der Waals surface area contributed by atoms with E-state index in [1.165, 1.54) is 0 Å². The third-order valence-electron chi connectivity index (χ3n) is 3.26. The topological polar surface area (TPSA) is 41.5 Å². The summed E-state index contributed by atoms with van der Waals surface area (Å²) in [5.74, 6) is 0.469. The van der Waals surface area contributed by atoms with Gasteiger partial charge in [0.25, 0.3) is 0 Å². The third kappa shape index (κ3) is 4.41. The van der Waals surface area contributed by atoms with Crippen LogP contribution < -0.4 is 5.32 Å². The van der Waals surface area contributed by atoms with Crippen LogP contribution in [-0.4, -0.2) is 31.4 Å². The zero-order valence-corrected chi connectivity index (χ0v) is 11.8. The summed E-state index contributed by atoms with van der Waals surface area (Å²) in [7, 11) is 1.70. The molecule has 102 valence electrons. The first-order valence-corrected chi connectivity index (χ1v) is 6.47. The van der Waals surface area contributed by atoms with Gasteiger partial charge in [-0.15, -0.1) is 0 Å². The Bertz CT molecular complexity index is 336. The van der Waals surface area contributed by atoms with Crippen molar-refractivity contribution in [2.45, 2.75) is 32.4 Å². The number of aliphatic hydroxyl groups is 1. The van der Waals surface area contributed by atoms with Crippen LogP contribution in [0.1, 0.15) is 26.3 Å². The lowest BCUT2D eigenvalue weighted by Crippen LogP contribution is -2.45. The van der Waals surface area contributed by atoms with Crippen molar-refractivity contribution in [1.82, 2.24) is 5.32 Å². The van der Waals surface area contributed by atoms with Gasteiger partial charge in [0.15, 0.2) is 0 Å². The van der Waals surface area contributed by atoms with Gasteiger partial charge in [-0.2, -0.15) is 0 Å². The maximum atomic E-state index is 10.5. The van der Waals surface area contributed by atoms with Crippen LogP contribution in [0.15, 0.2) is 30.3 Å². The van der Waals surface area contributed by atoms with Crippen molar-refractivity contribution < 1.29 is 9.84 Å². The molecule has 0 amide bonds. The van der Waals surface area contributed by atoms with Gasteiger partial charge >= 0.3 is 0 Å². The van der Waals surface area contributed by atoms with Crippen molar-refractivity contribution in [1.29, 1.82) is 0 Å².